The number of methoxy groups -OCH3 is 1. The Kier molecular flexibility index (Phi) is 5.23. The first kappa shape index (κ1) is 15.2. The lowest BCUT2D eigenvalue weighted by molar-refractivity contribution is 0.0314. The fourth-order valence-corrected chi connectivity index (χ4v) is 4.08. The third-order valence-corrected chi connectivity index (χ3v) is 4.95. The highest BCUT2D eigenvalue weighted by molar-refractivity contribution is 5.09. The van der Waals surface area contributed by atoms with Gasteiger partial charge in [0, 0.05) is 44.9 Å². The number of hydrogen-bond donors (Lipinski definition) is 1. The van der Waals surface area contributed by atoms with Crippen molar-refractivity contribution in [3.05, 3.63) is 0 Å². The van der Waals surface area contributed by atoms with Gasteiger partial charge in [-0.1, -0.05) is 13.8 Å². The molecule has 0 aromatic carbocycles. The Hall–Kier alpha value is -0.160. The SMILES string of the molecule is COCCN(CC(C)C)C1(CN)CCN2CCCC21. The van der Waals surface area contributed by atoms with E-state index in [0.29, 0.717) is 12.0 Å². The quantitative estimate of drug-likeness (QED) is 0.753. The van der Waals surface area contributed by atoms with Crippen LogP contribution in [0.4, 0.5) is 0 Å². The zero-order valence-corrected chi connectivity index (χ0v) is 12.9. The summed E-state index contributed by atoms with van der Waals surface area (Å²) in [5.41, 5.74) is 6.46. The Morgan fingerprint density at radius 3 is 2.84 bits per heavy atom. The molecule has 2 aliphatic heterocycles. The molecule has 19 heavy (non-hydrogen) atoms. The summed E-state index contributed by atoms with van der Waals surface area (Å²) in [4.78, 5) is 5.30. The van der Waals surface area contributed by atoms with Gasteiger partial charge in [0.05, 0.1) is 6.61 Å². The maximum atomic E-state index is 6.26. The second-order valence-electron chi connectivity index (χ2n) is 6.58. The summed E-state index contributed by atoms with van der Waals surface area (Å²) in [5, 5.41) is 0. The van der Waals surface area contributed by atoms with Crippen molar-refractivity contribution in [2.24, 2.45) is 11.7 Å². The van der Waals surface area contributed by atoms with E-state index in [1.165, 1.54) is 32.4 Å². The first-order valence-electron chi connectivity index (χ1n) is 7.82. The van der Waals surface area contributed by atoms with Crippen LogP contribution in [0, 0.1) is 5.92 Å². The van der Waals surface area contributed by atoms with Gasteiger partial charge < -0.3 is 10.5 Å². The second kappa shape index (κ2) is 6.53. The normalized spacial score (nSPS) is 31.6. The molecule has 2 atom stereocenters. The molecular weight excluding hydrogens is 238 g/mol. The van der Waals surface area contributed by atoms with Gasteiger partial charge in [-0.2, -0.15) is 0 Å². The van der Waals surface area contributed by atoms with Gasteiger partial charge in [-0.05, 0) is 31.7 Å². The van der Waals surface area contributed by atoms with Gasteiger partial charge in [-0.25, -0.2) is 0 Å². The van der Waals surface area contributed by atoms with Crippen LogP contribution < -0.4 is 5.73 Å². The lowest BCUT2D eigenvalue weighted by atomic mass is 9.86. The van der Waals surface area contributed by atoms with Gasteiger partial charge in [0.2, 0.25) is 0 Å². The van der Waals surface area contributed by atoms with Crippen LogP contribution in [0.1, 0.15) is 33.1 Å². The molecule has 0 aromatic rings. The molecule has 4 nitrogen and oxygen atoms in total. The lowest BCUT2D eigenvalue weighted by Crippen LogP contribution is -2.61. The maximum Gasteiger partial charge on any atom is 0.0589 e. The standard InChI is InChI=1S/C15H31N3O/c1-13(2)11-18(9-10-19-3)15(12-16)6-8-17-7-4-5-14(15)17/h13-14H,4-12,16H2,1-3H3. The van der Waals surface area contributed by atoms with Crippen molar-refractivity contribution in [1.82, 2.24) is 9.80 Å². The summed E-state index contributed by atoms with van der Waals surface area (Å²) in [6.45, 7) is 10.8. The molecule has 2 fully saturated rings. The summed E-state index contributed by atoms with van der Waals surface area (Å²) < 4.78 is 5.32. The number of nitrogens with two attached hydrogens (primary N) is 1. The van der Waals surface area contributed by atoms with Crippen LogP contribution in [0.5, 0.6) is 0 Å². The highest BCUT2D eigenvalue weighted by Gasteiger charge is 2.51. The smallest absolute Gasteiger partial charge is 0.0589 e. The van der Waals surface area contributed by atoms with Crippen LogP contribution in [-0.2, 0) is 4.74 Å². The van der Waals surface area contributed by atoms with Crippen molar-refractivity contribution in [3.63, 3.8) is 0 Å². The summed E-state index contributed by atoms with van der Waals surface area (Å²) in [6, 6.07) is 0.674. The van der Waals surface area contributed by atoms with Crippen molar-refractivity contribution in [2.75, 3.05) is 46.4 Å². The molecule has 2 heterocycles. The van der Waals surface area contributed by atoms with Crippen molar-refractivity contribution < 1.29 is 4.74 Å². The van der Waals surface area contributed by atoms with E-state index in [1.54, 1.807) is 7.11 Å². The first-order chi connectivity index (χ1) is 9.14. The molecule has 0 aromatic heterocycles. The number of nitrogens with zero attached hydrogens (tertiary/aromatic N) is 2. The zero-order valence-electron chi connectivity index (χ0n) is 12.9. The lowest BCUT2D eigenvalue weighted by Gasteiger charge is -2.45. The van der Waals surface area contributed by atoms with Gasteiger partial charge in [0.15, 0.2) is 0 Å². The van der Waals surface area contributed by atoms with Crippen LogP contribution >= 0.6 is 0 Å². The molecular formula is C15H31N3O. The van der Waals surface area contributed by atoms with Crippen molar-refractivity contribution in [1.29, 1.82) is 0 Å². The summed E-state index contributed by atoms with van der Waals surface area (Å²) in [6.07, 6.45) is 3.88. The average Bonchev–Trinajstić information content (AvgIpc) is 2.96. The highest BCUT2D eigenvalue weighted by atomic mass is 16.5. The molecule has 2 saturated heterocycles. The minimum atomic E-state index is 0.194. The van der Waals surface area contributed by atoms with Gasteiger partial charge in [0.1, 0.15) is 0 Å². The fourth-order valence-electron chi connectivity index (χ4n) is 4.08. The Bertz CT molecular complexity index is 285. The van der Waals surface area contributed by atoms with Gasteiger partial charge >= 0.3 is 0 Å². The number of rotatable bonds is 7. The van der Waals surface area contributed by atoms with Crippen molar-refractivity contribution >= 4 is 0 Å². The minimum Gasteiger partial charge on any atom is -0.383 e. The summed E-state index contributed by atoms with van der Waals surface area (Å²) in [7, 11) is 1.79. The molecule has 0 radical (unpaired) electrons. The number of fused-ring (bicyclic) bond motifs is 1. The molecule has 4 heteroatoms. The van der Waals surface area contributed by atoms with Crippen LogP contribution in [0.15, 0.2) is 0 Å². The van der Waals surface area contributed by atoms with Crippen molar-refractivity contribution in [2.45, 2.75) is 44.7 Å². The molecule has 0 spiro atoms. The monoisotopic (exact) mass is 269 g/mol. The molecule has 112 valence electrons. The van der Waals surface area contributed by atoms with Crippen molar-refractivity contribution in [3.8, 4) is 0 Å². The largest absolute Gasteiger partial charge is 0.383 e. The van der Waals surface area contributed by atoms with Gasteiger partial charge in [-0.15, -0.1) is 0 Å². The third-order valence-electron chi connectivity index (χ3n) is 4.95. The highest BCUT2D eigenvalue weighted by Crippen LogP contribution is 2.39. The Morgan fingerprint density at radius 2 is 2.21 bits per heavy atom. The molecule has 0 amide bonds. The number of hydrogen-bond acceptors (Lipinski definition) is 4. The van der Waals surface area contributed by atoms with Crippen LogP contribution in [0.25, 0.3) is 0 Å². The van der Waals surface area contributed by atoms with E-state index in [-0.39, 0.29) is 5.54 Å². The van der Waals surface area contributed by atoms with Gasteiger partial charge in [0.25, 0.3) is 0 Å². The van der Waals surface area contributed by atoms with E-state index >= 15 is 0 Å². The summed E-state index contributed by atoms with van der Waals surface area (Å²) in [5.74, 6) is 0.677. The van der Waals surface area contributed by atoms with Crippen LogP contribution in [0.3, 0.4) is 0 Å². The Balaban J connectivity index is 2.15. The van der Waals surface area contributed by atoms with Crippen LogP contribution in [0.2, 0.25) is 0 Å². The maximum absolute atomic E-state index is 6.26. The Morgan fingerprint density at radius 1 is 1.42 bits per heavy atom. The second-order valence-corrected chi connectivity index (χ2v) is 6.58. The molecule has 2 aliphatic rings. The molecule has 2 rings (SSSR count). The molecule has 0 aliphatic carbocycles. The predicted octanol–water partition coefficient (Wildman–Crippen LogP) is 1.16. The number of ether oxygens (including phenoxy) is 1. The average molecular weight is 269 g/mol. The molecule has 0 bridgehead atoms. The third kappa shape index (κ3) is 2.97. The zero-order chi connectivity index (χ0) is 13.9. The minimum absolute atomic E-state index is 0.194. The fraction of sp³-hybridized carbons (Fsp3) is 1.00. The van der Waals surface area contributed by atoms with Gasteiger partial charge in [-0.3, -0.25) is 9.80 Å². The van der Waals surface area contributed by atoms with E-state index in [2.05, 4.69) is 23.6 Å². The molecule has 2 unspecified atom stereocenters. The molecule has 0 saturated carbocycles. The van der Waals surface area contributed by atoms with E-state index < -0.39 is 0 Å². The van der Waals surface area contributed by atoms with E-state index in [0.717, 1.165) is 26.2 Å². The van der Waals surface area contributed by atoms with E-state index in [9.17, 15) is 0 Å². The first-order valence-corrected chi connectivity index (χ1v) is 7.82. The Labute approximate surface area is 118 Å². The van der Waals surface area contributed by atoms with E-state index in [4.69, 9.17) is 10.5 Å². The van der Waals surface area contributed by atoms with E-state index in [1.807, 2.05) is 0 Å². The summed E-state index contributed by atoms with van der Waals surface area (Å²) >= 11 is 0. The molecule has 2 N–H and O–H groups in total. The predicted molar refractivity (Wildman–Crippen MR) is 79.3 cm³/mol. The topological polar surface area (TPSA) is 41.7 Å². The van der Waals surface area contributed by atoms with Crippen LogP contribution in [-0.4, -0.2) is 67.8 Å².